The summed E-state index contributed by atoms with van der Waals surface area (Å²) in [6.45, 7) is 7.89. The number of amides is 1. The molecule has 3 heterocycles. The lowest BCUT2D eigenvalue weighted by Gasteiger charge is -2.33. The standard InChI is InChI=1S/C20H21NO4/c1-11(2)9-15-20-8-7-14(25-20)16(19(23)24)17(20)18(22)21(15)13-6-4-5-12(3)10-13/h4-8,10,14-17H,1,9H2,2-3H3,(H,23,24)/t14-,15+,16-,17-,20-/m1/s1. The first-order valence-corrected chi connectivity index (χ1v) is 8.49. The number of benzene rings is 1. The van der Waals surface area contributed by atoms with E-state index < -0.39 is 29.5 Å². The molecule has 1 amide bonds. The van der Waals surface area contributed by atoms with Crippen LogP contribution in [0.4, 0.5) is 5.69 Å². The molecule has 2 bridgehead atoms. The van der Waals surface area contributed by atoms with Gasteiger partial charge in [0, 0.05) is 5.69 Å². The number of aliphatic carboxylic acids is 1. The Labute approximate surface area is 146 Å². The molecule has 3 aliphatic rings. The maximum absolute atomic E-state index is 13.3. The molecule has 0 radical (unpaired) electrons. The molecule has 0 aliphatic carbocycles. The van der Waals surface area contributed by atoms with Gasteiger partial charge in [0.1, 0.15) is 11.5 Å². The van der Waals surface area contributed by atoms with E-state index in [0.717, 1.165) is 16.8 Å². The second-order valence-electron chi connectivity index (χ2n) is 7.36. The number of aryl methyl sites for hydroxylation is 1. The van der Waals surface area contributed by atoms with Crippen LogP contribution in [0.1, 0.15) is 18.9 Å². The zero-order chi connectivity index (χ0) is 17.9. The molecule has 0 unspecified atom stereocenters. The molecular weight excluding hydrogens is 318 g/mol. The monoisotopic (exact) mass is 339 g/mol. The zero-order valence-corrected chi connectivity index (χ0v) is 14.3. The van der Waals surface area contributed by atoms with Crippen LogP contribution in [0.2, 0.25) is 0 Å². The zero-order valence-electron chi connectivity index (χ0n) is 14.3. The highest BCUT2D eigenvalue weighted by Crippen LogP contribution is 2.56. The SMILES string of the molecule is C=C(C)C[C@@H]1N(c2cccc(C)c2)C(=O)[C@H]2[C@H](C(=O)O)[C@H]3C=C[C@@]12O3. The third-order valence-electron chi connectivity index (χ3n) is 5.53. The highest BCUT2D eigenvalue weighted by atomic mass is 16.5. The van der Waals surface area contributed by atoms with Gasteiger partial charge in [0.2, 0.25) is 5.91 Å². The maximum Gasteiger partial charge on any atom is 0.310 e. The summed E-state index contributed by atoms with van der Waals surface area (Å²) < 4.78 is 6.13. The van der Waals surface area contributed by atoms with Gasteiger partial charge in [-0.05, 0) is 38.0 Å². The molecule has 0 saturated carbocycles. The first-order chi connectivity index (χ1) is 11.8. The molecule has 2 saturated heterocycles. The van der Waals surface area contributed by atoms with E-state index in [2.05, 4.69) is 6.58 Å². The predicted octanol–water partition coefficient (Wildman–Crippen LogP) is 2.70. The molecule has 130 valence electrons. The second kappa shape index (κ2) is 5.30. The second-order valence-corrected chi connectivity index (χ2v) is 7.36. The van der Waals surface area contributed by atoms with Crippen LogP contribution in [0.3, 0.4) is 0 Å². The number of carboxylic acid groups (broad SMARTS) is 1. The van der Waals surface area contributed by atoms with E-state index in [1.54, 1.807) is 11.0 Å². The van der Waals surface area contributed by atoms with Gasteiger partial charge in [0.15, 0.2) is 0 Å². The first-order valence-electron chi connectivity index (χ1n) is 8.49. The molecule has 4 rings (SSSR count). The summed E-state index contributed by atoms with van der Waals surface area (Å²) in [5.41, 5.74) is 1.88. The number of hydrogen-bond acceptors (Lipinski definition) is 3. The molecule has 5 atom stereocenters. The lowest BCUT2D eigenvalue weighted by Crippen LogP contribution is -2.45. The van der Waals surface area contributed by atoms with Crippen LogP contribution in [0.5, 0.6) is 0 Å². The van der Waals surface area contributed by atoms with Crippen molar-refractivity contribution in [2.45, 2.75) is 38.0 Å². The van der Waals surface area contributed by atoms with Crippen LogP contribution >= 0.6 is 0 Å². The molecule has 25 heavy (non-hydrogen) atoms. The minimum Gasteiger partial charge on any atom is -0.481 e. The maximum atomic E-state index is 13.3. The van der Waals surface area contributed by atoms with Gasteiger partial charge in [0.05, 0.1) is 18.1 Å². The van der Waals surface area contributed by atoms with E-state index >= 15 is 0 Å². The Balaban J connectivity index is 1.85. The quantitative estimate of drug-likeness (QED) is 0.857. The van der Waals surface area contributed by atoms with Crippen LogP contribution < -0.4 is 4.90 Å². The average Bonchev–Trinajstić information content (AvgIpc) is 3.16. The lowest BCUT2D eigenvalue weighted by molar-refractivity contribution is -0.146. The largest absolute Gasteiger partial charge is 0.481 e. The van der Waals surface area contributed by atoms with Crippen LogP contribution in [0.15, 0.2) is 48.6 Å². The predicted molar refractivity (Wildman–Crippen MR) is 93.2 cm³/mol. The fraction of sp³-hybridized carbons (Fsp3) is 0.400. The van der Waals surface area contributed by atoms with E-state index in [-0.39, 0.29) is 11.9 Å². The highest BCUT2D eigenvalue weighted by molar-refractivity contribution is 6.03. The Morgan fingerprint density at radius 3 is 2.84 bits per heavy atom. The van der Waals surface area contributed by atoms with Crippen LogP contribution in [-0.4, -0.2) is 34.7 Å². The number of carbonyl (C=O) groups excluding carboxylic acids is 1. The van der Waals surface area contributed by atoms with Gasteiger partial charge in [-0.15, -0.1) is 6.58 Å². The summed E-state index contributed by atoms with van der Waals surface area (Å²) in [7, 11) is 0. The summed E-state index contributed by atoms with van der Waals surface area (Å²) in [5, 5.41) is 9.66. The smallest absolute Gasteiger partial charge is 0.310 e. The molecule has 2 fully saturated rings. The molecule has 1 spiro atoms. The summed E-state index contributed by atoms with van der Waals surface area (Å²) in [6.07, 6.45) is 3.75. The van der Waals surface area contributed by atoms with Gasteiger partial charge < -0.3 is 14.7 Å². The van der Waals surface area contributed by atoms with Crippen molar-refractivity contribution in [1.82, 2.24) is 0 Å². The summed E-state index contributed by atoms with van der Waals surface area (Å²) in [5.74, 6) is -2.67. The van der Waals surface area contributed by atoms with Gasteiger partial charge in [-0.1, -0.05) is 29.9 Å². The molecule has 1 aromatic carbocycles. The molecule has 5 nitrogen and oxygen atoms in total. The molecule has 0 aromatic heterocycles. The van der Waals surface area contributed by atoms with Gasteiger partial charge in [-0.3, -0.25) is 9.59 Å². The van der Waals surface area contributed by atoms with Crippen molar-refractivity contribution in [2.75, 3.05) is 4.90 Å². The van der Waals surface area contributed by atoms with Crippen molar-refractivity contribution < 1.29 is 19.4 Å². The van der Waals surface area contributed by atoms with Crippen molar-refractivity contribution in [3.05, 3.63) is 54.1 Å². The molecule has 1 aromatic rings. The van der Waals surface area contributed by atoms with Crippen molar-refractivity contribution >= 4 is 17.6 Å². The van der Waals surface area contributed by atoms with E-state index in [1.807, 2.05) is 44.2 Å². The normalized spacial score (nSPS) is 35.3. The molecular formula is C20H21NO4. The Morgan fingerprint density at radius 2 is 2.20 bits per heavy atom. The van der Waals surface area contributed by atoms with E-state index in [1.165, 1.54) is 0 Å². The van der Waals surface area contributed by atoms with E-state index in [9.17, 15) is 14.7 Å². The molecule has 5 heteroatoms. The number of fused-ring (bicyclic) bond motifs is 1. The van der Waals surface area contributed by atoms with Crippen LogP contribution in [0, 0.1) is 18.8 Å². The van der Waals surface area contributed by atoms with Crippen LogP contribution in [0.25, 0.3) is 0 Å². The van der Waals surface area contributed by atoms with Crippen molar-refractivity contribution in [3.63, 3.8) is 0 Å². The average molecular weight is 339 g/mol. The van der Waals surface area contributed by atoms with Crippen molar-refractivity contribution in [2.24, 2.45) is 11.8 Å². The number of carboxylic acids is 1. The van der Waals surface area contributed by atoms with Gasteiger partial charge >= 0.3 is 5.97 Å². The van der Waals surface area contributed by atoms with Crippen molar-refractivity contribution in [3.8, 4) is 0 Å². The lowest BCUT2D eigenvalue weighted by atomic mass is 9.74. The third-order valence-corrected chi connectivity index (χ3v) is 5.53. The Kier molecular flexibility index (Phi) is 3.41. The summed E-state index contributed by atoms with van der Waals surface area (Å²) in [4.78, 5) is 26.8. The summed E-state index contributed by atoms with van der Waals surface area (Å²) in [6, 6.07) is 7.44. The number of ether oxygens (including phenoxy) is 1. The van der Waals surface area contributed by atoms with Gasteiger partial charge in [-0.25, -0.2) is 0 Å². The first kappa shape index (κ1) is 16.1. The van der Waals surface area contributed by atoms with Crippen LogP contribution in [-0.2, 0) is 14.3 Å². The molecule has 1 N–H and O–H groups in total. The number of nitrogens with zero attached hydrogens (tertiary/aromatic N) is 1. The third kappa shape index (κ3) is 2.12. The number of anilines is 1. The fourth-order valence-corrected chi connectivity index (χ4v) is 4.60. The van der Waals surface area contributed by atoms with Gasteiger partial charge in [-0.2, -0.15) is 0 Å². The minimum atomic E-state index is -0.977. The fourth-order valence-electron chi connectivity index (χ4n) is 4.60. The summed E-state index contributed by atoms with van der Waals surface area (Å²) >= 11 is 0. The van der Waals surface area contributed by atoms with E-state index in [0.29, 0.717) is 6.42 Å². The Morgan fingerprint density at radius 1 is 1.44 bits per heavy atom. The number of rotatable bonds is 4. The minimum absolute atomic E-state index is 0.170. The van der Waals surface area contributed by atoms with E-state index in [4.69, 9.17) is 4.74 Å². The topological polar surface area (TPSA) is 66.8 Å². The Hall–Kier alpha value is -2.40. The van der Waals surface area contributed by atoms with Gasteiger partial charge in [0.25, 0.3) is 0 Å². The number of carbonyl (C=O) groups is 2. The Bertz CT molecular complexity index is 814. The van der Waals surface area contributed by atoms with Crippen molar-refractivity contribution in [1.29, 1.82) is 0 Å². The molecule has 3 aliphatic heterocycles. The highest BCUT2D eigenvalue weighted by Gasteiger charge is 2.71. The number of hydrogen-bond donors (Lipinski definition) is 1.